The van der Waals surface area contributed by atoms with Crippen LogP contribution < -0.4 is 10.1 Å². The van der Waals surface area contributed by atoms with Crippen LogP contribution in [0.1, 0.15) is 28.8 Å². The first-order chi connectivity index (χ1) is 13.6. The second-order valence-electron chi connectivity index (χ2n) is 5.78. The minimum absolute atomic E-state index is 0.256. The predicted octanol–water partition coefficient (Wildman–Crippen LogP) is 3.40. The average molecular weight is 407 g/mol. The summed E-state index contributed by atoms with van der Waals surface area (Å²) < 4.78 is 15.2. The fourth-order valence-corrected chi connectivity index (χ4v) is 3.18. The molecule has 0 atom stereocenters. The molecular weight excluding hydrogens is 382 g/mol. The van der Waals surface area contributed by atoms with Gasteiger partial charge in [-0.3, -0.25) is 0 Å². The summed E-state index contributed by atoms with van der Waals surface area (Å²) in [5.74, 6) is 0.194. The van der Waals surface area contributed by atoms with Crippen molar-refractivity contribution in [1.82, 2.24) is 9.88 Å². The van der Waals surface area contributed by atoms with Gasteiger partial charge in [0.25, 0.3) is 0 Å². The Balaban J connectivity index is 2.07. The zero-order valence-corrected chi connectivity index (χ0v) is 17.1. The van der Waals surface area contributed by atoms with E-state index in [1.807, 2.05) is 0 Å². The van der Waals surface area contributed by atoms with Crippen LogP contribution in [0, 0.1) is 0 Å². The molecule has 2 aromatic rings. The Morgan fingerprint density at radius 3 is 2.82 bits per heavy atom. The molecule has 9 heteroatoms. The first kappa shape index (κ1) is 21.6. The van der Waals surface area contributed by atoms with Crippen LogP contribution in [-0.4, -0.2) is 55.9 Å². The molecule has 0 fully saturated rings. The lowest BCUT2D eigenvalue weighted by Crippen LogP contribution is -2.35. The quantitative estimate of drug-likeness (QED) is 0.480. The number of methoxy groups -OCH3 is 2. The number of hydrogen-bond donors (Lipinski definition) is 1. The minimum Gasteiger partial charge on any atom is -0.497 e. The number of ether oxygens (including phenoxy) is 3. The van der Waals surface area contributed by atoms with Gasteiger partial charge in [-0.2, -0.15) is 0 Å². The van der Waals surface area contributed by atoms with E-state index >= 15 is 0 Å². The number of aromatic nitrogens is 1. The lowest BCUT2D eigenvalue weighted by molar-refractivity contribution is 0.0520. The maximum Gasteiger partial charge on any atom is 0.357 e. The molecule has 0 unspecified atom stereocenters. The average Bonchev–Trinajstić information content (AvgIpc) is 3.16. The lowest BCUT2D eigenvalue weighted by Gasteiger charge is -2.22. The van der Waals surface area contributed by atoms with Crippen LogP contribution in [0.4, 0.5) is 10.5 Å². The molecule has 0 bridgehead atoms. The van der Waals surface area contributed by atoms with Gasteiger partial charge in [-0.05, 0) is 25.5 Å². The number of rotatable bonds is 10. The maximum atomic E-state index is 12.8. The van der Waals surface area contributed by atoms with Crippen molar-refractivity contribution in [2.75, 3.05) is 39.3 Å². The van der Waals surface area contributed by atoms with Crippen molar-refractivity contribution in [2.45, 2.75) is 19.9 Å². The Morgan fingerprint density at radius 2 is 2.11 bits per heavy atom. The highest BCUT2D eigenvalue weighted by atomic mass is 32.1. The molecular formula is C19H25N3O5S. The molecule has 2 amide bonds. The number of nitrogens with one attached hydrogen (secondary N) is 1. The zero-order valence-electron chi connectivity index (χ0n) is 16.3. The maximum absolute atomic E-state index is 12.8. The number of benzene rings is 1. The number of esters is 1. The van der Waals surface area contributed by atoms with Crippen molar-refractivity contribution in [3.63, 3.8) is 0 Å². The van der Waals surface area contributed by atoms with Crippen LogP contribution in [0.2, 0.25) is 0 Å². The minimum atomic E-state index is -0.461. The fourth-order valence-electron chi connectivity index (χ4n) is 2.40. The third kappa shape index (κ3) is 6.50. The Labute approximate surface area is 168 Å². The molecule has 1 aromatic heterocycles. The van der Waals surface area contributed by atoms with Gasteiger partial charge < -0.3 is 24.4 Å². The van der Waals surface area contributed by atoms with E-state index in [0.29, 0.717) is 36.0 Å². The van der Waals surface area contributed by atoms with E-state index in [9.17, 15) is 9.59 Å². The van der Waals surface area contributed by atoms with E-state index in [0.717, 1.165) is 0 Å². The number of nitrogens with zero attached hydrogens (tertiary/aromatic N) is 2. The van der Waals surface area contributed by atoms with E-state index < -0.39 is 5.97 Å². The van der Waals surface area contributed by atoms with E-state index in [-0.39, 0.29) is 24.9 Å². The molecule has 1 heterocycles. The summed E-state index contributed by atoms with van der Waals surface area (Å²) in [6, 6.07) is 6.87. The zero-order chi connectivity index (χ0) is 20.4. The van der Waals surface area contributed by atoms with Gasteiger partial charge in [0.2, 0.25) is 0 Å². The fraction of sp³-hybridized carbons (Fsp3) is 0.421. The molecule has 0 saturated carbocycles. The van der Waals surface area contributed by atoms with Crippen molar-refractivity contribution < 1.29 is 23.8 Å². The molecule has 0 saturated heterocycles. The van der Waals surface area contributed by atoms with Crippen LogP contribution in [0.15, 0.2) is 29.6 Å². The normalized spacial score (nSPS) is 10.4. The van der Waals surface area contributed by atoms with Gasteiger partial charge in [-0.15, -0.1) is 11.3 Å². The summed E-state index contributed by atoms with van der Waals surface area (Å²) in [6.45, 7) is 3.33. The standard InChI is InChI=1S/C19H25N3O5S/c1-4-27-18(23)16-13-28-17(21-16)12-22(9-6-10-25-2)19(24)20-14-7-5-8-15(11-14)26-3/h5,7-8,11,13H,4,6,9-10,12H2,1-3H3,(H,20,24). The van der Waals surface area contributed by atoms with Crippen LogP contribution in [0.3, 0.4) is 0 Å². The van der Waals surface area contributed by atoms with Gasteiger partial charge in [0.05, 0.1) is 20.3 Å². The Kier molecular flexibility index (Phi) is 8.70. The monoisotopic (exact) mass is 407 g/mol. The second-order valence-corrected chi connectivity index (χ2v) is 6.72. The number of anilines is 1. The summed E-state index contributed by atoms with van der Waals surface area (Å²) in [5.41, 5.74) is 0.888. The lowest BCUT2D eigenvalue weighted by atomic mass is 10.3. The van der Waals surface area contributed by atoms with Gasteiger partial charge in [-0.1, -0.05) is 6.07 Å². The van der Waals surface area contributed by atoms with Gasteiger partial charge in [0.1, 0.15) is 10.8 Å². The van der Waals surface area contributed by atoms with E-state index in [4.69, 9.17) is 14.2 Å². The molecule has 0 aliphatic heterocycles. The van der Waals surface area contributed by atoms with Crippen LogP contribution in [-0.2, 0) is 16.0 Å². The molecule has 8 nitrogen and oxygen atoms in total. The summed E-state index contributed by atoms with van der Waals surface area (Å²) >= 11 is 1.32. The van der Waals surface area contributed by atoms with Crippen molar-refractivity contribution in [3.8, 4) is 5.75 Å². The third-order valence-corrected chi connectivity index (χ3v) is 4.58. The van der Waals surface area contributed by atoms with Gasteiger partial charge >= 0.3 is 12.0 Å². The molecule has 152 valence electrons. The molecule has 0 aliphatic carbocycles. The predicted molar refractivity (Wildman–Crippen MR) is 107 cm³/mol. The topological polar surface area (TPSA) is 90.0 Å². The van der Waals surface area contributed by atoms with Crippen LogP contribution >= 0.6 is 11.3 Å². The smallest absolute Gasteiger partial charge is 0.357 e. The molecule has 2 rings (SSSR count). The summed E-state index contributed by atoms with van der Waals surface area (Å²) in [7, 11) is 3.19. The highest BCUT2D eigenvalue weighted by Gasteiger charge is 2.18. The van der Waals surface area contributed by atoms with Gasteiger partial charge in [0.15, 0.2) is 5.69 Å². The number of thiazole rings is 1. The first-order valence-corrected chi connectivity index (χ1v) is 9.75. The van der Waals surface area contributed by atoms with E-state index in [2.05, 4.69) is 10.3 Å². The SMILES string of the molecule is CCOC(=O)c1csc(CN(CCCOC)C(=O)Nc2cccc(OC)c2)n1. The molecule has 1 aromatic carbocycles. The summed E-state index contributed by atoms with van der Waals surface area (Å²) in [6.07, 6.45) is 0.679. The number of amides is 2. The van der Waals surface area contributed by atoms with Gasteiger partial charge in [-0.25, -0.2) is 14.6 Å². The number of carbonyl (C=O) groups excluding carboxylic acids is 2. The highest BCUT2D eigenvalue weighted by molar-refractivity contribution is 7.09. The Morgan fingerprint density at radius 1 is 1.29 bits per heavy atom. The van der Waals surface area contributed by atoms with Crippen LogP contribution in [0.5, 0.6) is 5.75 Å². The Hall–Kier alpha value is -2.65. The van der Waals surface area contributed by atoms with Crippen molar-refractivity contribution in [2.24, 2.45) is 0 Å². The number of carbonyl (C=O) groups is 2. The summed E-state index contributed by atoms with van der Waals surface area (Å²) in [4.78, 5) is 30.5. The first-order valence-electron chi connectivity index (χ1n) is 8.87. The van der Waals surface area contributed by atoms with Crippen LogP contribution in [0.25, 0.3) is 0 Å². The molecule has 0 aliphatic rings. The largest absolute Gasteiger partial charge is 0.497 e. The van der Waals surface area contributed by atoms with Crippen molar-refractivity contribution in [3.05, 3.63) is 40.3 Å². The molecule has 1 N–H and O–H groups in total. The molecule has 28 heavy (non-hydrogen) atoms. The van der Waals surface area contributed by atoms with Gasteiger partial charge in [0, 0.05) is 37.4 Å². The third-order valence-electron chi connectivity index (χ3n) is 3.75. The molecule has 0 spiro atoms. The van der Waals surface area contributed by atoms with E-state index in [1.54, 1.807) is 55.7 Å². The summed E-state index contributed by atoms with van der Waals surface area (Å²) in [5, 5.41) is 5.16. The number of urea groups is 1. The van der Waals surface area contributed by atoms with E-state index in [1.165, 1.54) is 11.3 Å². The Bertz CT molecular complexity index is 780. The van der Waals surface area contributed by atoms with Crippen molar-refractivity contribution in [1.29, 1.82) is 0 Å². The highest BCUT2D eigenvalue weighted by Crippen LogP contribution is 2.19. The second kappa shape index (κ2) is 11.3. The number of hydrogen-bond acceptors (Lipinski definition) is 7. The molecule has 0 radical (unpaired) electrons. The van der Waals surface area contributed by atoms with Crippen molar-refractivity contribution >= 4 is 29.0 Å².